The van der Waals surface area contributed by atoms with E-state index in [9.17, 15) is 0 Å². The molecule has 0 saturated carbocycles. The van der Waals surface area contributed by atoms with Gasteiger partial charge in [0.1, 0.15) is 0 Å². The van der Waals surface area contributed by atoms with Gasteiger partial charge in [-0.05, 0) is 38.0 Å². The lowest BCUT2D eigenvalue weighted by Crippen LogP contribution is -2.28. The highest BCUT2D eigenvalue weighted by Crippen LogP contribution is 2.45. The maximum Gasteiger partial charge on any atom is 0.0884 e. The Kier molecular flexibility index (Phi) is 4.83. The first-order valence-electron chi connectivity index (χ1n) is 9.07. The molecule has 0 spiro atoms. The van der Waals surface area contributed by atoms with Crippen LogP contribution in [0.2, 0.25) is 0 Å². The van der Waals surface area contributed by atoms with Gasteiger partial charge in [0, 0.05) is 37.3 Å². The van der Waals surface area contributed by atoms with E-state index in [1.54, 1.807) is 7.05 Å². The van der Waals surface area contributed by atoms with Gasteiger partial charge in [0.2, 0.25) is 0 Å². The van der Waals surface area contributed by atoms with Crippen LogP contribution in [0.25, 0.3) is 0 Å². The Labute approximate surface area is 162 Å². The van der Waals surface area contributed by atoms with E-state index in [1.165, 1.54) is 11.1 Å². The number of nitrogens with two attached hydrogens (primary N) is 1. The van der Waals surface area contributed by atoms with Crippen molar-refractivity contribution < 1.29 is 0 Å². The smallest absolute Gasteiger partial charge is 0.0884 e. The summed E-state index contributed by atoms with van der Waals surface area (Å²) in [6, 6.07) is 8.52. The molecule has 2 aliphatic heterocycles. The molecule has 3 rings (SSSR count). The summed E-state index contributed by atoms with van der Waals surface area (Å²) < 4.78 is 0. The van der Waals surface area contributed by atoms with Gasteiger partial charge in [-0.25, -0.2) is 0 Å². The van der Waals surface area contributed by atoms with Crippen LogP contribution >= 0.6 is 0 Å². The Hall–Kier alpha value is -3.01. The minimum absolute atomic E-state index is 0.0585. The molecule has 1 unspecified atom stereocenters. The van der Waals surface area contributed by atoms with E-state index in [0.29, 0.717) is 5.70 Å². The topological polar surface area (TPSA) is 44.9 Å². The highest BCUT2D eigenvalue weighted by Gasteiger charge is 2.38. The van der Waals surface area contributed by atoms with Crippen molar-refractivity contribution in [3.8, 4) is 0 Å². The highest BCUT2D eigenvalue weighted by molar-refractivity contribution is 6.01. The van der Waals surface area contributed by atoms with Gasteiger partial charge < -0.3 is 15.5 Å². The van der Waals surface area contributed by atoms with Crippen LogP contribution in [0.1, 0.15) is 31.0 Å². The first kappa shape index (κ1) is 18.8. The largest absolute Gasteiger partial charge is 0.397 e. The van der Waals surface area contributed by atoms with Gasteiger partial charge in [-0.1, -0.05) is 43.0 Å². The van der Waals surface area contributed by atoms with Crippen LogP contribution in [0.3, 0.4) is 0 Å². The minimum Gasteiger partial charge on any atom is -0.397 e. The Bertz CT molecular complexity index is 926. The van der Waals surface area contributed by atoms with Crippen molar-refractivity contribution >= 4 is 5.71 Å². The number of hydrogen-bond donors (Lipinski definition) is 1. The lowest BCUT2D eigenvalue weighted by atomic mass is 9.94. The Balaban J connectivity index is 2.18. The highest BCUT2D eigenvalue weighted by atomic mass is 15.2. The van der Waals surface area contributed by atoms with Gasteiger partial charge in [0.05, 0.1) is 23.1 Å². The van der Waals surface area contributed by atoms with Crippen molar-refractivity contribution in [1.29, 1.82) is 0 Å². The van der Waals surface area contributed by atoms with Crippen LogP contribution in [-0.4, -0.2) is 29.6 Å². The third-order valence-electron chi connectivity index (χ3n) is 5.39. The monoisotopic (exact) mass is 360 g/mol. The molecule has 0 saturated heterocycles. The number of aryl methyl sites for hydroxylation is 1. The number of benzene rings is 1. The number of rotatable bonds is 3. The van der Waals surface area contributed by atoms with Crippen molar-refractivity contribution in [1.82, 2.24) is 9.80 Å². The van der Waals surface area contributed by atoms with Crippen molar-refractivity contribution in [2.45, 2.75) is 26.8 Å². The van der Waals surface area contributed by atoms with Gasteiger partial charge in [-0.3, -0.25) is 4.99 Å². The van der Waals surface area contributed by atoms with E-state index in [1.807, 2.05) is 18.9 Å². The summed E-state index contributed by atoms with van der Waals surface area (Å²) >= 11 is 0. The summed E-state index contributed by atoms with van der Waals surface area (Å²) in [7, 11) is 3.81. The van der Waals surface area contributed by atoms with Crippen LogP contribution in [0.15, 0.2) is 88.6 Å². The second-order valence-electron chi connectivity index (χ2n) is 7.21. The minimum atomic E-state index is -0.0585. The normalized spacial score (nSPS) is 21.1. The third-order valence-corrected chi connectivity index (χ3v) is 5.39. The maximum atomic E-state index is 6.53. The van der Waals surface area contributed by atoms with Gasteiger partial charge in [0.15, 0.2) is 0 Å². The molecule has 0 fully saturated rings. The SMILES string of the molecule is C=C1C(C)=CC(N2C(=C)C(N)=C(C(C)=NC)C2c2ccc(C)cc2)=CN1C. The maximum absolute atomic E-state index is 6.53. The van der Waals surface area contributed by atoms with E-state index in [0.717, 1.165) is 33.9 Å². The standard InChI is InChI=1S/C23H28N4/c1-14-8-10-19(11-9-14)23-21(16(3)25-6)22(24)18(5)27(23)20-12-15(2)17(4)26(7)13-20/h8-13,23H,4-5,24H2,1-3,6-7H3. The molecular weight excluding hydrogens is 332 g/mol. The molecule has 1 atom stereocenters. The summed E-state index contributed by atoms with van der Waals surface area (Å²) in [5.74, 6) is 0. The molecule has 1 aromatic rings. The number of aliphatic imine (C=N–C) groups is 1. The first-order chi connectivity index (χ1) is 12.8. The summed E-state index contributed by atoms with van der Waals surface area (Å²) in [4.78, 5) is 8.67. The van der Waals surface area contributed by atoms with Crippen LogP contribution in [0, 0.1) is 6.92 Å². The van der Waals surface area contributed by atoms with Crippen LogP contribution in [-0.2, 0) is 0 Å². The number of nitrogens with zero attached hydrogens (tertiary/aromatic N) is 3. The van der Waals surface area contributed by atoms with E-state index >= 15 is 0 Å². The number of likely N-dealkylation sites (N-methyl/N-ethyl adjacent to an activating group) is 1. The van der Waals surface area contributed by atoms with Gasteiger partial charge in [0.25, 0.3) is 0 Å². The van der Waals surface area contributed by atoms with E-state index in [2.05, 4.69) is 73.4 Å². The molecule has 0 aliphatic carbocycles. The lowest BCUT2D eigenvalue weighted by Gasteiger charge is -2.34. The number of allylic oxidation sites excluding steroid dienone is 2. The second kappa shape index (κ2) is 6.95. The predicted octanol–water partition coefficient (Wildman–Crippen LogP) is 4.42. The molecule has 27 heavy (non-hydrogen) atoms. The van der Waals surface area contributed by atoms with Crippen molar-refractivity contribution in [2.75, 3.05) is 14.1 Å². The second-order valence-corrected chi connectivity index (χ2v) is 7.21. The molecule has 0 radical (unpaired) electrons. The molecule has 0 bridgehead atoms. The molecule has 4 heteroatoms. The van der Waals surface area contributed by atoms with E-state index in [-0.39, 0.29) is 6.04 Å². The zero-order valence-corrected chi connectivity index (χ0v) is 16.9. The first-order valence-corrected chi connectivity index (χ1v) is 9.07. The van der Waals surface area contributed by atoms with E-state index in [4.69, 9.17) is 5.73 Å². The van der Waals surface area contributed by atoms with Gasteiger partial charge >= 0.3 is 0 Å². The quantitative estimate of drug-likeness (QED) is 0.812. The summed E-state index contributed by atoms with van der Waals surface area (Å²) in [5, 5.41) is 0. The van der Waals surface area contributed by atoms with Gasteiger partial charge in [-0.15, -0.1) is 0 Å². The fourth-order valence-electron chi connectivity index (χ4n) is 3.63. The molecule has 2 aliphatic rings. The van der Waals surface area contributed by atoms with Crippen molar-refractivity contribution in [2.24, 2.45) is 10.7 Å². The Morgan fingerprint density at radius 2 is 1.74 bits per heavy atom. The fraction of sp³-hybridized carbons (Fsp3) is 0.261. The van der Waals surface area contributed by atoms with Crippen LogP contribution in [0.5, 0.6) is 0 Å². The molecule has 0 amide bonds. The average molecular weight is 361 g/mol. The molecular formula is C23H28N4. The fourth-order valence-corrected chi connectivity index (χ4v) is 3.63. The summed E-state index contributed by atoms with van der Waals surface area (Å²) in [5.41, 5.74) is 15.5. The predicted molar refractivity (Wildman–Crippen MR) is 114 cm³/mol. The Morgan fingerprint density at radius 1 is 1.11 bits per heavy atom. The number of hydrogen-bond acceptors (Lipinski definition) is 4. The molecule has 4 nitrogen and oxygen atoms in total. The zero-order valence-electron chi connectivity index (χ0n) is 16.9. The molecule has 1 aromatic carbocycles. The Morgan fingerprint density at radius 3 is 2.30 bits per heavy atom. The molecule has 2 N–H and O–H groups in total. The zero-order chi connectivity index (χ0) is 19.9. The van der Waals surface area contributed by atoms with Crippen LogP contribution in [0.4, 0.5) is 0 Å². The average Bonchev–Trinajstić information content (AvgIpc) is 2.90. The summed E-state index contributed by atoms with van der Waals surface area (Å²) in [6.07, 6.45) is 4.22. The molecule has 140 valence electrons. The lowest BCUT2D eigenvalue weighted by molar-refractivity contribution is 0.390. The molecule has 2 heterocycles. The van der Waals surface area contributed by atoms with Crippen LogP contribution < -0.4 is 5.73 Å². The van der Waals surface area contributed by atoms with Gasteiger partial charge in [-0.2, -0.15) is 0 Å². The third kappa shape index (κ3) is 3.12. The molecule has 0 aromatic heterocycles. The van der Waals surface area contributed by atoms with Crippen molar-refractivity contribution in [3.05, 3.63) is 94.8 Å². The summed E-state index contributed by atoms with van der Waals surface area (Å²) in [6.45, 7) is 14.6. The van der Waals surface area contributed by atoms with E-state index < -0.39 is 0 Å². The van der Waals surface area contributed by atoms with Crippen molar-refractivity contribution in [3.63, 3.8) is 0 Å².